The highest BCUT2D eigenvalue weighted by Gasteiger charge is 2.11. The summed E-state index contributed by atoms with van der Waals surface area (Å²) in [6.45, 7) is 5.63. The molecule has 126 valence electrons. The number of nitrogens with zero attached hydrogens (tertiary/aromatic N) is 1. The lowest BCUT2D eigenvalue weighted by molar-refractivity contribution is -0.118. The van der Waals surface area contributed by atoms with E-state index >= 15 is 0 Å². The maximum atomic E-state index is 11.3. The Kier molecular flexibility index (Phi) is 6.07. The molecule has 1 atom stereocenters. The highest BCUT2D eigenvalue weighted by atomic mass is 16.2. The number of carbonyl (C=O) groups is 2. The summed E-state index contributed by atoms with van der Waals surface area (Å²) < 4.78 is 0. The Hall–Kier alpha value is -2.69. The molecule has 1 aliphatic rings. The smallest absolute Gasteiger partial charge is 0.221 e. The van der Waals surface area contributed by atoms with Gasteiger partial charge in [0.2, 0.25) is 11.8 Å². The van der Waals surface area contributed by atoms with Gasteiger partial charge >= 0.3 is 0 Å². The van der Waals surface area contributed by atoms with Crippen LogP contribution in [0, 0.1) is 5.92 Å². The number of hydrogen-bond donors (Lipinski definition) is 2. The summed E-state index contributed by atoms with van der Waals surface area (Å²) >= 11 is 0. The first-order chi connectivity index (χ1) is 11.4. The van der Waals surface area contributed by atoms with Crippen molar-refractivity contribution in [2.45, 2.75) is 27.2 Å². The minimum absolute atomic E-state index is 0.0819. The van der Waals surface area contributed by atoms with Crippen LogP contribution in [0.1, 0.15) is 32.8 Å². The highest BCUT2D eigenvalue weighted by Crippen LogP contribution is 2.18. The van der Waals surface area contributed by atoms with E-state index in [1.807, 2.05) is 42.5 Å². The molecule has 1 aromatic rings. The molecule has 1 heterocycles. The second-order valence-corrected chi connectivity index (χ2v) is 5.94. The molecule has 0 fully saturated rings. The van der Waals surface area contributed by atoms with E-state index in [1.54, 1.807) is 0 Å². The molecule has 2 N–H and O–H groups in total. The number of hydrogen-bond acceptors (Lipinski definition) is 3. The molecule has 1 aliphatic heterocycles. The number of carbonyl (C=O) groups excluding carboxylic acids is 2. The topological polar surface area (TPSA) is 70.6 Å². The molecule has 2 amide bonds. The van der Waals surface area contributed by atoms with Crippen molar-refractivity contribution in [3.63, 3.8) is 0 Å². The van der Waals surface area contributed by atoms with Gasteiger partial charge < -0.3 is 10.6 Å². The van der Waals surface area contributed by atoms with E-state index in [2.05, 4.69) is 22.5 Å². The first kappa shape index (κ1) is 17.7. The molecular weight excluding hydrogens is 302 g/mol. The minimum Gasteiger partial charge on any atom is -0.327 e. The van der Waals surface area contributed by atoms with Gasteiger partial charge in [-0.25, -0.2) is 0 Å². The summed E-state index contributed by atoms with van der Waals surface area (Å²) in [4.78, 5) is 27.2. The monoisotopic (exact) mass is 325 g/mol. The first-order valence-corrected chi connectivity index (χ1v) is 8.01. The van der Waals surface area contributed by atoms with Crippen LogP contribution in [0.2, 0.25) is 0 Å². The van der Waals surface area contributed by atoms with Gasteiger partial charge in [0, 0.05) is 30.9 Å². The van der Waals surface area contributed by atoms with Gasteiger partial charge in [0.15, 0.2) is 0 Å². The van der Waals surface area contributed by atoms with Crippen molar-refractivity contribution >= 4 is 23.2 Å². The minimum atomic E-state index is -0.0947. The summed E-state index contributed by atoms with van der Waals surface area (Å²) in [7, 11) is 0. The lowest BCUT2D eigenvalue weighted by Gasteiger charge is -2.12. The summed E-state index contributed by atoms with van der Waals surface area (Å²) in [5, 5.41) is 5.63. The lowest BCUT2D eigenvalue weighted by atomic mass is 9.97. The average molecular weight is 325 g/mol. The van der Waals surface area contributed by atoms with Crippen LogP contribution in [-0.2, 0) is 9.59 Å². The second-order valence-electron chi connectivity index (χ2n) is 5.94. The van der Waals surface area contributed by atoms with Gasteiger partial charge in [-0.2, -0.15) is 0 Å². The number of rotatable bonds is 3. The van der Waals surface area contributed by atoms with E-state index in [-0.39, 0.29) is 17.7 Å². The van der Waals surface area contributed by atoms with Crippen LogP contribution in [0.15, 0.2) is 53.2 Å². The van der Waals surface area contributed by atoms with Crippen LogP contribution in [-0.4, -0.2) is 24.1 Å². The number of amides is 2. The predicted molar refractivity (Wildman–Crippen MR) is 97.0 cm³/mol. The van der Waals surface area contributed by atoms with Crippen molar-refractivity contribution in [3.8, 4) is 0 Å². The second kappa shape index (κ2) is 8.24. The molecule has 1 unspecified atom stereocenters. The molecule has 0 bridgehead atoms. The van der Waals surface area contributed by atoms with Crippen LogP contribution in [0.3, 0.4) is 0 Å². The fourth-order valence-electron chi connectivity index (χ4n) is 2.61. The summed E-state index contributed by atoms with van der Waals surface area (Å²) in [6.07, 6.45) is 6.61. The Balaban J connectivity index is 2.23. The third-order valence-corrected chi connectivity index (χ3v) is 3.50. The fourth-order valence-corrected chi connectivity index (χ4v) is 2.61. The van der Waals surface area contributed by atoms with Crippen LogP contribution < -0.4 is 10.6 Å². The molecule has 2 rings (SSSR count). The Labute approximate surface area is 142 Å². The van der Waals surface area contributed by atoms with Crippen molar-refractivity contribution in [2.75, 3.05) is 11.9 Å². The van der Waals surface area contributed by atoms with Gasteiger partial charge in [0.1, 0.15) is 0 Å². The zero-order valence-corrected chi connectivity index (χ0v) is 14.3. The molecule has 24 heavy (non-hydrogen) atoms. The van der Waals surface area contributed by atoms with Crippen LogP contribution in [0.4, 0.5) is 5.69 Å². The molecule has 1 aromatic carbocycles. The lowest BCUT2D eigenvalue weighted by Crippen LogP contribution is -2.18. The third kappa shape index (κ3) is 5.50. The van der Waals surface area contributed by atoms with E-state index in [4.69, 9.17) is 0 Å². The van der Waals surface area contributed by atoms with Gasteiger partial charge in [-0.1, -0.05) is 31.2 Å². The zero-order chi connectivity index (χ0) is 17.5. The van der Waals surface area contributed by atoms with Crippen LogP contribution >= 0.6 is 0 Å². The quantitative estimate of drug-likeness (QED) is 0.896. The predicted octanol–water partition coefficient (Wildman–Crippen LogP) is 3.05. The zero-order valence-electron chi connectivity index (χ0n) is 14.3. The van der Waals surface area contributed by atoms with Crippen molar-refractivity contribution < 1.29 is 9.59 Å². The molecule has 0 radical (unpaired) electrons. The van der Waals surface area contributed by atoms with E-state index < -0.39 is 0 Å². The van der Waals surface area contributed by atoms with Gasteiger partial charge in [0.25, 0.3) is 0 Å². The summed E-state index contributed by atoms with van der Waals surface area (Å²) in [5.74, 6) is 0.0435. The van der Waals surface area contributed by atoms with Gasteiger partial charge in [-0.3, -0.25) is 14.6 Å². The van der Waals surface area contributed by atoms with Crippen LogP contribution in [0.5, 0.6) is 0 Å². The molecule has 5 nitrogen and oxygen atoms in total. The van der Waals surface area contributed by atoms with Gasteiger partial charge in [-0.05, 0) is 36.1 Å². The average Bonchev–Trinajstić information content (AvgIpc) is 2.57. The van der Waals surface area contributed by atoms with Gasteiger partial charge in [-0.15, -0.1) is 0 Å². The normalized spacial score (nSPS) is 17.7. The molecule has 0 spiro atoms. The van der Waals surface area contributed by atoms with E-state index in [0.717, 1.165) is 29.1 Å². The first-order valence-electron chi connectivity index (χ1n) is 8.01. The maximum Gasteiger partial charge on any atom is 0.221 e. The van der Waals surface area contributed by atoms with Gasteiger partial charge in [0.05, 0.1) is 6.54 Å². The molecule has 5 heteroatoms. The number of allylic oxidation sites excluding steroid dienone is 2. The SMILES string of the molecule is CC(=O)NC1=CC(C)CC(c2cccc(NC(C)=O)c2)=NCC=C1. The fraction of sp³-hybridized carbons (Fsp3) is 0.316. The molecule has 0 aromatic heterocycles. The van der Waals surface area contributed by atoms with Crippen molar-refractivity contribution in [3.05, 3.63) is 53.8 Å². The molecular formula is C19H23N3O2. The Morgan fingerprint density at radius 2 is 1.92 bits per heavy atom. The number of anilines is 1. The summed E-state index contributed by atoms with van der Waals surface area (Å²) in [6, 6.07) is 7.71. The summed E-state index contributed by atoms with van der Waals surface area (Å²) in [5.41, 5.74) is 3.55. The standard InChI is InChI=1S/C19H23N3O2/c1-13-10-17(21-14(2)23)8-5-9-20-19(11-13)16-6-4-7-18(12-16)22-15(3)24/h4-8,10,12-13H,9,11H2,1-3H3,(H,21,23)(H,22,24). The van der Waals surface area contributed by atoms with E-state index in [1.165, 1.54) is 13.8 Å². The molecule has 0 aliphatic carbocycles. The Morgan fingerprint density at radius 1 is 1.17 bits per heavy atom. The van der Waals surface area contributed by atoms with E-state index in [9.17, 15) is 9.59 Å². The van der Waals surface area contributed by atoms with E-state index in [0.29, 0.717) is 6.54 Å². The molecule has 0 saturated heterocycles. The highest BCUT2D eigenvalue weighted by molar-refractivity contribution is 6.02. The Bertz CT molecular complexity index is 717. The largest absolute Gasteiger partial charge is 0.327 e. The maximum absolute atomic E-state index is 11.3. The van der Waals surface area contributed by atoms with Crippen molar-refractivity contribution in [2.24, 2.45) is 10.9 Å². The molecule has 0 saturated carbocycles. The number of benzene rings is 1. The Morgan fingerprint density at radius 3 is 2.62 bits per heavy atom. The number of nitrogens with one attached hydrogen (secondary N) is 2. The van der Waals surface area contributed by atoms with Crippen molar-refractivity contribution in [1.29, 1.82) is 0 Å². The van der Waals surface area contributed by atoms with Crippen molar-refractivity contribution in [1.82, 2.24) is 5.32 Å². The van der Waals surface area contributed by atoms with Crippen LogP contribution in [0.25, 0.3) is 0 Å². The number of aliphatic imine (C=N–C) groups is 1. The third-order valence-electron chi connectivity index (χ3n) is 3.50.